The van der Waals surface area contributed by atoms with Gasteiger partial charge in [-0.15, -0.1) is 0 Å². The zero-order valence-electron chi connectivity index (χ0n) is 12.5. The summed E-state index contributed by atoms with van der Waals surface area (Å²) in [7, 11) is 0. The lowest BCUT2D eigenvalue weighted by atomic mass is 9.80. The molecule has 3 heteroatoms. The van der Waals surface area contributed by atoms with Crippen LogP contribution >= 0.6 is 0 Å². The first-order valence-electron chi connectivity index (χ1n) is 7.65. The predicted molar refractivity (Wildman–Crippen MR) is 80.5 cm³/mol. The summed E-state index contributed by atoms with van der Waals surface area (Å²) in [6.45, 7) is 4.41. The summed E-state index contributed by atoms with van der Waals surface area (Å²) in [5.41, 5.74) is 1.73. The van der Waals surface area contributed by atoms with Gasteiger partial charge >= 0.3 is 0 Å². The number of fused-ring (bicyclic) bond motifs is 1. The van der Waals surface area contributed by atoms with E-state index in [1.807, 2.05) is 26.0 Å². The lowest BCUT2D eigenvalue weighted by Crippen LogP contribution is -2.47. The summed E-state index contributed by atoms with van der Waals surface area (Å²) in [5, 5.41) is 13.6. The Hall–Kier alpha value is -1.35. The van der Waals surface area contributed by atoms with Crippen molar-refractivity contribution in [1.29, 1.82) is 0 Å². The molecule has 1 aliphatic rings. The molecule has 0 saturated heterocycles. The van der Waals surface area contributed by atoms with E-state index in [1.165, 1.54) is 11.1 Å². The van der Waals surface area contributed by atoms with Gasteiger partial charge in [-0.05, 0) is 36.8 Å². The van der Waals surface area contributed by atoms with Gasteiger partial charge < -0.3 is 10.4 Å². The summed E-state index contributed by atoms with van der Waals surface area (Å²) in [6.07, 6.45) is 3.93. The van der Waals surface area contributed by atoms with Crippen molar-refractivity contribution >= 4 is 5.91 Å². The lowest BCUT2D eigenvalue weighted by Gasteiger charge is -2.34. The fraction of sp³-hybridized carbons (Fsp3) is 0.588. The Morgan fingerprint density at radius 1 is 1.30 bits per heavy atom. The van der Waals surface area contributed by atoms with Crippen LogP contribution in [0.5, 0.6) is 0 Å². The summed E-state index contributed by atoms with van der Waals surface area (Å²) in [4.78, 5) is 12.0. The van der Waals surface area contributed by atoms with Crippen molar-refractivity contribution in [2.75, 3.05) is 6.54 Å². The second-order valence-corrected chi connectivity index (χ2v) is 5.90. The van der Waals surface area contributed by atoms with Gasteiger partial charge in [-0.3, -0.25) is 4.79 Å². The number of hydrogen-bond donors (Lipinski definition) is 2. The minimum Gasteiger partial charge on any atom is -0.388 e. The first kappa shape index (κ1) is 15.0. The zero-order chi connectivity index (χ0) is 14.6. The SMILES string of the molecule is CCC(CC)C(=O)NCC1(O)CCc2ccccc2C1. The highest BCUT2D eigenvalue weighted by molar-refractivity contribution is 5.78. The molecule has 0 heterocycles. The molecule has 1 aromatic carbocycles. The zero-order valence-corrected chi connectivity index (χ0v) is 12.5. The maximum absolute atomic E-state index is 12.0. The van der Waals surface area contributed by atoms with E-state index in [0.29, 0.717) is 19.4 Å². The number of carbonyl (C=O) groups excluding carboxylic acids is 1. The third-order valence-corrected chi connectivity index (χ3v) is 4.45. The maximum Gasteiger partial charge on any atom is 0.223 e. The first-order chi connectivity index (χ1) is 9.58. The third kappa shape index (κ3) is 3.40. The molecule has 0 radical (unpaired) electrons. The molecule has 1 unspecified atom stereocenters. The van der Waals surface area contributed by atoms with Crippen molar-refractivity contribution in [3.8, 4) is 0 Å². The minimum absolute atomic E-state index is 0.0643. The van der Waals surface area contributed by atoms with E-state index >= 15 is 0 Å². The molecule has 2 rings (SSSR count). The molecule has 1 aromatic rings. The number of hydrogen-bond acceptors (Lipinski definition) is 2. The van der Waals surface area contributed by atoms with Crippen LogP contribution in [-0.4, -0.2) is 23.2 Å². The van der Waals surface area contributed by atoms with Gasteiger partial charge in [0.25, 0.3) is 0 Å². The van der Waals surface area contributed by atoms with Crippen molar-refractivity contribution in [2.45, 2.75) is 51.6 Å². The van der Waals surface area contributed by atoms with E-state index in [2.05, 4.69) is 17.4 Å². The molecule has 0 aromatic heterocycles. The average molecular weight is 275 g/mol. The van der Waals surface area contributed by atoms with Crippen LogP contribution in [-0.2, 0) is 17.6 Å². The van der Waals surface area contributed by atoms with E-state index < -0.39 is 5.60 Å². The summed E-state index contributed by atoms with van der Waals surface area (Å²) in [6, 6.07) is 8.24. The first-order valence-corrected chi connectivity index (χ1v) is 7.65. The number of amides is 1. The molecular weight excluding hydrogens is 250 g/mol. The quantitative estimate of drug-likeness (QED) is 0.867. The number of rotatable bonds is 5. The summed E-state index contributed by atoms with van der Waals surface area (Å²) >= 11 is 0. The van der Waals surface area contributed by atoms with E-state index in [-0.39, 0.29) is 11.8 Å². The lowest BCUT2D eigenvalue weighted by molar-refractivity contribution is -0.126. The fourth-order valence-corrected chi connectivity index (χ4v) is 2.99. The summed E-state index contributed by atoms with van der Waals surface area (Å²) < 4.78 is 0. The van der Waals surface area contributed by atoms with E-state index in [1.54, 1.807) is 0 Å². The Kier molecular flexibility index (Phi) is 4.81. The number of aryl methyl sites for hydroxylation is 1. The van der Waals surface area contributed by atoms with Crippen LogP contribution in [0.4, 0.5) is 0 Å². The third-order valence-electron chi connectivity index (χ3n) is 4.45. The standard InChI is InChI=1S/C17H25NO2/c1-3-13(4-2)16(19)18-12-17(20)10-9-14-7-5-6-8-15(14)11-17/h5-8,13,20H,3-4,9-12H2,1-2H3,(H,18,19). The second kappa shape index (κ2) is 6.40. The van der Waals surface area contributed by atoms with E-state index in [0.717, 1.165) is 19.3 Å². The van der Waals surface area contributed by atoms with Crippen LogP contribution in [0.15, 0.2) is 24.3 Å². The van der Waals surface area contributed by atoms with Crippen LogP contribution in [0.25, 0.3) is 0 Å². The van der Waals surface area contributed by atoms with Crippen LogP contribution in [0.1, 0.15) is 44.2 Å². The molecule has 1 atom stereocenters. The van der Waals surface area contributed by atoms with E-state index in [9.17, 15) is 9.90 Å². The number of nitrogens with one attached hydrogen (secondary N) is 1. The molecule has 1 aliphatic carbocycles. The van der Waals surface area contributed by atoms with Crippen molar-refractivity contribution in [3.63, 3.8) is 0 Å². The normalized spacial score (nSPS) is 21.6. The Balaban J connectivity index is 1.95. The van der Waals surface area contributed by atoms with Crippen LogP contribution in [0, 0.1) is 5.92 Å². The Morgan fingerprint density at radius 3 is 2.60 bits per heavy atom. The average Bonchev–Trinajstić information content (AvgIpc) is 2.46. The van der Waals surface area contributed by atoms with Crippen molar-refractivity contribution in [3.05, 3.63) is 35.4 Å². The molecule has 1 amide bonds. The van der Waals surface area contributed by atoms with Crippen molar-refractivity contribution in [1.82, 2.24) is 5.32 Å². The molecule has 0 spiro atoms. The van der Waals surface area contributed by atoms with Crippen LogP contribution in [0.2, 0.25) is 0 Å². The molecule has 3 nitrogen and oxygen atoms in total. The highest BCUT2D eigenvalue weighted by Crippen LogP contribution is 2.28. The fourth-order valence-electron chi connectivity index (χ4n) is 2.99. The van der Waals surface area contributed by atoms with Gasteiger partial charge in [-0.25, -0.2) is 0 Å². The van der Waals surface area contributed by atoms with Gasteiger partial charge in [0.05, 0.1) is 5.60 Å². The molecule has 0 fully saturated rings. The Labute approximate surface area is 121 Å². The predicted octanol–water partition coefficient (Wildman–Crippen LogP) is 2.46. The second-order valence-electron chi connectivity index (χ2n) is 5.90. The maximum atomic E-state index is 12.0. The smallest absolute Gasteiger partial charge is 0.223 e. The van der Waals surface area contributed by atoms with E-state index in [4.69, 9.17) is 0 Å². The van der Waals surface area contributed by atoms with Gasteiger partial charge in [0.1, 0.15) is 0 Å². The van der Waals surface area contributed by atoms with Crippen LogP contribution in [0.3, 0.4) is 0 Å². The van der Waals surface area contributed by atoms with Gasteiger partial charge in [-0.2, -0.15) is 0 Å². The van der Waals surface area contributed by atoms with Gasteiger partial charge in [-0.1, -0.05) is 38.1 Å². The highest BCUT2D eigenvalue weighted by Gasteiger charge is 2.32. The Morgan fingerprint density at radius 2 is 1.95 bits per heavy atom. The minimum atomic E-state index is -0.796. The molecule has 20 heavy (non-hydrogen) atoms. The molecule has 2 N–H and O–H groups in total. The molecule has 0 bridgehead atoms. The van der Waals surface area contributed by atoms with Gasteiger partial charge in [0.15, 0.2) is 0 Å². The largest absolute Gasteiger partial charge is 0.388 e. The number of benzene rings is 1. The van der Waals surface area contributed by atoms with Crippen LogP contribution < -0.4 is 5.32 Å². The topological polar surface area (TPSA) is 49.3 Å². The van der Waals surface area contributed by atoms with Gasteiger partial charge in [0, 0.05) is 18.9 Å². The number of aliphatic hydroxyl groups is 1. The monoisotopic (exact) mass is 275 g/mol. The molecule has 0 saturated carbocycles. The summed E-state index contributed by atoms with van der Waals surface area (Å²) in [5.74, 6) is 0.136. The molecule has 0 aliphatic heterocycles. The van der Waals surface area contributed by atoms with Crippen molar-refractivity contribution < 1.29 is 9.90 Å². The van der Waals surface area contributed by atoms with Crippen molar-refractivity contribution in [2.24, 2.45) is 5.92 Å². The molecule has 110 valence electrons. The highest BCUT2D eigenvalue weighted by atomic mass is 16.3. The molecular formula is C17H25NO2. The number of carbonyl (C=O) groups is 1. The van der Waals surface area contributed by atoms with Gasteiger partial charge in [0.2, 0.25) is 5.91 Å². The Bertz CT molecular complexity index is 468.